The minimum absolute atomic E-state index is 0.292. The molecule has 0 unspecified atom stereocenters. The average Bonchev–Trinajstić information content (AvgIpc) is 3.01. The lowest BCUT2D eigenvalue weighted by atomic mass is 9.70. The van der Waals surface area contributed by atoms with Crippen LogP contribution in [0.5, 0.6) is 5.75 Å². The molecular weight excluding hydrogens is 352 g/mol. The minimum atomic E-state index is -1.37. The van der Waals surface area contributed by atoms with Crippen LogP contribution in [0.3, 0.4) is 0 Å². The number of nitrogens with zero attached hydrogens (tertiary/aromatic N) is 2. The van der Waals surface area contributed by atoms with E-state index in [2.05, 4.69) is 31.7 Å². The molecule has 0 aliphatic carbocycles. The zero-order valence-electron chi connectivity index (χ0n) is 18.2. The minimum Gasteiger partial charge on any atom is -0.426 e. The van der Waals surface area contributed by atoms with Gasteiger partial charge in [-0.1, -0.05) is 31.1 Å². The molecule has 0 bridgehead atoms. The summed E-state index contributed by atoms with van der Waals surface area (Å²) in [6, 6.07) is 4.23. The summed E-state index contributed by atoms with van der Waals surface area (Å²) >= 11 is 0. The molecule has 4 rings (SSSR count). The molecule has 5 heteroatoms. The van der Waals surface area contributed by atoms with Crippen LogP contribution in [0.15, 0.2) is 34.8 Å². The van der Waals surface area contributed by atoms with Crippen LogP contribution in [0.1, 0.15) is 53.9 Å². The van der Waals surface area contributed by atoms with E-state index < -0.39 is 17.6 Å². The van der Waals surface area contributed by atoms with Crippen LogP contribution < -0.4 is 4.74 Å². The number of rotatable bonds is 3. The molecule has 4 atom stereocenters. The smallest absolute Gasteiger partial charge is 0.308 e. The summed E-state index contributed by atoms with van der Waals surface area (Å²) in [6.45, 7) is 9.21. The first-order chi connectivity index (χ1) is 13.7. The summed E-state index contributed by atoms with van der Waals surface area (Å²) in [4.78, 5) is 18.5. The number of allylic oxidation sites excluding steroid dienone is 2. The van der Waals surface area contributed by atoms with Crippen molar-refractivity contribution >= 4 is 17.4 Å². The summed E-state index contributed by atoms with van der Waals surface area (Å²) in [5, 5.41) is 11.8. The summed E-state index contributed by atoms with van der Waals surface area (Å²) in [6.07, 6.45) is 4.27. The lowest BCUT2D eigenvalue weighted by Gasteiger charge is -2.50. The third kappa shape index (κ3) is 2.92. The largest absolute Gasteiger partial charge is 0.426 e. The van der Waals surface area contributed by atoms with Gasteiger partial charge in [-0.15, -0.1) is 0 Å². The second-order valence-electron chi connectivity index (χ2n) is 8.22. The molecule has 1 N–H and O–H groups in total. The second kappa shape index (κ2) is 7.12. The zero-order valence-corrected chi connectivity index (χ0v) is 17.2. The first kappa shape index (κ1) is 18.1. The molecule has 0 amide bonds. The second-order valence-corrected chi connectivity index (χ2v) is 8.22. The van der Waals surface area contributed by atoms with Gasteiger partial charge in [-0.25, -0.2) is 0 Å². The number of fused-ring (bicyclic) bond motifs is 5. The lowest BCUT2D eigenvalue weighted by Crippen LogP contribution is -2.60. The third-order valence-corrected chi connectivity index (χ3v) is 6.70. The number of hydrogen-bond donors (Lipinski definition) is 1. The molecule has 2 fully saturated rings. The van der Waals surface area contributed by atoms with Crippen LogP contribution in [0.25, 0.3) is 0 Å². The van der Waals surface area contributed by atoms with Gasteiger partial charge in [0.2, 0.25) is 0 Å². The predicted molar refractivity (Wildman–Crippen MR) is 110 cm³/mol. The monoisotopic (exact) mass is 383 g/mol. The highest BCUT2D eigenvalue weighted by Crippen LogP contribution is 2.51. The van der Waals surface area contributed by atoms with E-state index in [1.807, 2.05) is 6.07 Å². The fourth-order valence-corrected chi connectivity index (χ4v) is 5.10. The number of piperidine rings is 2. The maximum atomic E-state index is 11.8. The average molecular weight is 384 g/mol. The number of ether oxygens (including phenoxy) is 1. The van der Waals surface area contributed by atoms with Gasteiger partial charge in [-0.3, -0.25) is 14.7 Å². The Bertz CT molecular complexity index is 911. The van der Waals surface area contributed by atoms with E-state index in [-0.39, 0.29) is 0 Å². The Balaban J connectivity index is 1.79. The third-order valence-electron chi connectivity index (χ3n) is 6.70. The molecule has 2 saturated heterocycles. The van der Waals surface area contributed by atoms with Gasteiger partial charge in [0, 0.05) is 20.0 Å². The van der Waals surface area contributed by atoms with Crippen molar-refractivity contribution in [1.29, 1.82) is 0 Å². The summed E-state index contributed by atoms with van der Waals surface area (Å²) < 4.78 is 14.9. The highest BCUT2D eigenvalue weighted by atomic mass is 16.5. The van der Waals surface area contributed by atoms with Crippen LogP contribution in [0.2, 0.25) is 0 Å². The van der Waals surface area contributed by atoms with E-state index in [9.17, 15) is 11.3 Å². The Morgan fingerprint density at radius 3 is 2.96 bits per heavy atom. The van der Waals surface area contributed by atoms with Crippen LogP contribution in [0, 0.1) is 11.8 Å². The number of esters is 1. The molecule has 150 valence electrons. The van der Waals surface area contributed by atoms with Crippen molar-refractivity contribution in [3.8, 4) is 5.75 Å². The summed E-state index contributed by atoms with van der Waals surface area (Å²) in [7, 11) is 0. The van der Waals surface area contributed by atoms with Crippen molar-refractivity contribution in [2.24, 2.45) is 16.8 Å². The zero-order chi connectivity index (χ0) is 21.0. The topological polar surface area (TPSA) is 62.1 Å². The maximum absolute atomic E-state index is 11.8. The fraction of sp³-hybridized carbons (Fsp3) is 0.565. The van der Waals surface area contributed by atoms with E-state index in [4.69, 9.17) is 9.73 Å². The van der Waals surface area contributed by atoms with Gasteiger partial charge in [-0.05, 0) is 50.7 Å². The fourth-order valence-electron chi connectivity index (χ4n) is 5.10. The first-order valence-corrected chi connectivity index (χ1v) is 10.3. The molecule has 1 aromatic rings. The molecular formula is C23H30N2O3. The van der Waals surface area contributed by atoms with E-state index in [1.165, 1.54) is 12.5 Å². The first-order valence-electron chi connectivity index (χ1n) is 10.8. The Hall–Kier alpha value is -1.98. The van der Waals surface area contributed by atoms with Gasteiger partial charge in [0.1, 0.15) is 11.4 Å². The molecule has 3 aliphatic heterocycles. The quantitative estimate of drug-likeness (QED) is 0.487. The molecule has 3 aliphatic rings. The van der Waals surface area contributed by atoms with Gasteiger partial charge >= 0.3 is 5.97 Å². The van der Waals surface area contributed by atoms with Crippen LogP contribution >= 0.6 is 0 Å². The van der Waals surface area contributed by atoms with Crippen LogP contribution in [0.4, 0.5) is 5.69 Å². The number of hydrogen-bond acceptors (Lipinski definition) is 5. The van der Waals surface area contributed by atoms with E-state index >= 15 is 0 Å². The molecule has 0 aromatic heterocycles. The molecule has 0 spiro atoms. The standard InChI is InChI=1S/C23H30N2O3/c1-5-14(3)17-12-19-22-23(27,10-11-25(19)13-16(17)6-2)21-18(24-22)8-7-9-20(21)28-15(4)26/h5,7-9,16-17,19,27H,6,10-13H2,1-4H3/b14-5-/t16-,17-,19+,23+/m1/s1/i19D. The normalized spacial score (nSPS) is 35.4. The summed E-state index contributed by atoms with van der Waals surface area (Å²) in [5.41, 5.74) is 1.55. The van der Waals surface area contributed by atoms with Crippen LogP contribution in [-0.2, 0) is 10.4 Å². The predicted octanol–water partition coefficient (Wildman–Crippen LogP) is 3.97. The molecule has 0 saturated carbocycles. The Labute approximate surface area is 168 Å². The van der Waals surface area contributed by atoms with E-state index in [0.29, 0.717) is 53.9 Å². The lowest BCUT2D eigenvalue weighted by molar-refractivity contribution is -0.132. The summed E-state index contributed by atoms with van der Waals surface area (Å²) in [5.74, 6) is 0.703. The van der Waals surface area contributed by atoms with Crippen molar-refractivity contribution in [2.45, 2.75) is 58.6 Å². The van der Waals surface area contributed by atoms with E-state index in [0.717, 1.165) is 13.0 Å². The van der Waals surface area contributed by atoms with E-state index in [1.54, 1.807) is 12.1 Å². The molecule has 1 aromatic carbocycles. The maximum Gasteiger partial charge on any atom is 0.308 e. The highest BCUT2D eigenvalue weighted by Gasteiger charge is 2.53. The van der Waals surface area contributed by atoms with Crippen molar-refractivity contribution < 1.29 is 16.0 Å². The van der Waals surface area contributed by atoms with Crippen molar-refractivity contribution in [3.05, 3.63) is 35.4 Å². The number of carbonyl (C=O) groups excluding carboxylic acids is 1. The Morgan fingerprint density at radius 1 is 1.50 bits per heavy atom. The number of benzene rings is 1. The van der Waals surface area contributed by atoms with Crippen molar-refractivity contribution in [3.63, 3.8) is 0 Å². The van der Waals surface area contributed by atoms with Gasteiger partial charge in [0.15, 0.2) is 0 Å². The van der Waals surface area contributed by atoms with Gasteiger partial charge in [0.25, 0.3) is 0 Å². The number of carbonyl (C=O) groups is 1. The van der Waals surface area contributed by atoms with Crippen LogP contribution in [-0.4, -0.2) is 40.8 Å². The molecule has 3 heterocycles. The highest BCUT2D eigenvalue weighted by molar-refractivity contribution is 6.05. The van der Waals surface area contributed by atoms with Crippen molar-refractivity contribution in [2.75, 3.05) is 13.1 Å². The molecule has 0 radical (unpaired) electrons. The Kier molecular flexibility index (Phi) is 4.60. The molecule has 5 nitrogen and oxygen atoms in total. The number of aliphatic hydroxyl groups is 1. The van der Waals surface area contributed by atoms with Gasteiger partial charge in [0.05, 0.1) is 24.4 Å². The Morgan fingerprint density at radius 2 is 2.29 bits per heavy atom. The number of aliphatic imine (C=N–C) groups is 1. The van der Waals surface area contributed by atoms with Gasteiger partial charge < -0.3 is 9.84 Å². The van der Waals surface area contributed by atoms with Gasteiger partial charge in [-0.2, -0.15) is 0 Å². The SMILES string of the molecule is [2H][C@@]12C[C@H](/C(C)=C\C)[C@H](CC)CN1CC[C@@]1(O)C2=Nc2cccc(OC(C)=O)c21. The molecule has 28 heavy (non-hydrogen) atoms. The van der Waals surface area contributed by atoms with Crippen molar-refractivity contribution in [1.82, 2.24) is 4.90 Å².